The van der Waals surface area contributed by atoms with Crippen molar-refractivity contribution in [2.45, 2.75) is 30.8 Å². The number of nitrogens with zero attached hydrogens (tertiary/aromatic N) is 1. The quantitative estimate of drug-likeness (QED) is 0.531. The molecule has 0 spiro atoms. The molecule has 9 heteroatoms. The predicted molar refractivity (Wildman–Crippen MR) is 130 cm³/mol. The monoisotopic (exact) mass is 487 g/mol. The molecule has 0 bridgehead atoms. The minimum atomic E-state index is -3.95. The molecule has 1 aliphatic heterocycles. The van der Waals surface area contributed by atoms with Crippen LogP contribution in [0.25, 0.3) is 11.1 Å². The third kappa shape index (κ3) is 5.15. The Hall–Kier alpha value is -3.17. The van der Waals surface area contributed by atoms with Crippen LogP contribution < -0.4 is 19.7 Å². The van der Waals surface area contributed by atoms with E-state index in [9.17, 15) is 17.2 Å². The first-order valence-electron chi connectivity index (χ1n) is 10.9. The fraction of sp³-hybridized carbons (Fsp3) is 0.280. The Bertz CT molecular complexity index is 1270. The highest BCUT2D eigenvalue weighted by Crippen LogP contribution is 2.33. The maximum Gasteiger partial charge on any atom is 0.262 e. The minimum Gasteiger partial charge on any atom is -0.495 e. The van der Waals surface area contributed by atoms with Crippen LogP contribution in [-0.2, 0) is 10.0 Å². The fourth-order valence-corrected chi connectivity index (χ4v) is 5.31. The SMILES string of the molecule is COc1ccc(N2C[C@@H](C)N[C@@H](C)C2)cc1NS(=O)(=O)c1ccc(-c2ccc(F)cc2F)cc1. The molecule has 3 aromatic rings. The fourth-order valence-electron chi connectivity index (χ4n) is 4.25. The maximum absolute atomic E-state index is 14.1. The molecule has 0 radical (unpaired) electrons. The van der Waals surface area contributed by atoms with Crippen LogP contribution in [0.3, 0.4) is 0 Å². The van der Waals surface area contributed by atoms with Gasteiger partial charge >= 0.3 is 0 Å². The van der Waals surface area contributed by atoms with E-state index in [-0.39, 0.29) is 10.5 Å². The zero-order valence-electron chi connectivity index (χ0n) is 19.2. The molecule has 0 unspecified atom stereocenters. The number of benzene rings is 3. The molecule has 3 aromatic carbocycles. The van der Waals surface area contributed by atoms with Crippen LogP contribution in [0, 0.1) is 11.6 Å². The molecule has 0 aliphatic carbocycles. The van der Waals surface area contributed by atoms with Crippen LogP contribution in [0.1, 0.15) is 13.8 Å². The molecule has 0 amide bonds. The van der Waals surface area contributed by atoms with E-state index < -0.39 is 21.7 Å². The summed E-state index contributed by atoms with van der Waals surface area (Å²) in [6.45, 7) is 5.81. The lowest BCUT2D eigenvalue weighted by atomic mass is 10.1. The van der Waals surface area contributed by atoms with Gasteiger partial charge in [-0.2, -0.15) is 0 Å². The molecule has 6 nitrogen and oxygen atoms in total. The van der Waals surface area contributed by atoms with Gasteiger partial charge in [0.1, 0.15) is 17.4 Å². The van der Waals surface area contributed by atoms with Crippen LogP contribution in [0.2, 0.25) is 0 Å². The van der Waals surface area contributed by atoms with Gasteiger partial charge in [-0.25, -0.2) is 17.2 Å². The zero-order valence-corrected chi connectivity index (χ0v) is 20.0. The molecule has 4 rings (SSSR count). The van der Waals surface area contributed by atoms with Gasteiger partial charge in [-0.3, -0.25) is 4.72 Å². The third-order valence-corrected chi connectivity index (χ3v) is 7.14. The smallest absolute Gasteiger partial charge is 0.262 e. The number of halogens is 2. The number of anilines is 2. The Morgan fingerprint density at radius 1 is 0.971 bits per heavy atom. The van der Waals surface area contributed by atoms with Crippen molar-refractivity contribution in [3.8, 4) is 16.9 Å². The number of rotatable bonds is 6. The molecule has 1 heterocycles. The summed E-state index contributed by atoms with van der Waals surface area (Å²) < 4.78 is 61.5. The second-order valence-electron chi connectivity index (χ2n) is 8.51. The maximum atomic E-state index is 14.1. The third-order valence-electron chi connectivity index (χ3n) is 5.76. The van der Waals surface area contributed by atoms with Crippen molar-refractivity contribution in [2.75, 3.05) is 29.8 Å². The van der Waals surface area contributed by atoms with E-state index in [0.29, 0.717) is 29.1 Å². The first-order valence-corrected chi connectivity index (χ1v) is 12.4. The normalized spacial score (nSPS) is 18.6. The van der Waals surface area contributed by atoms with Crippen molar-refractivity contribution in [2.24, 2.45) is 0 Å². The highest BCUT2D eigenvalue weighted by Gasteiger charge is 2.23. The van der Waals surface area contributed by atoms with Crippen molar-refractivity contribution >= 4 is 21.4 Å². The molecule has 1 saturated heterocycles. The van der Waals surface area contributed by atoms with Gasteiger partial charge in [-0.1, -0.05) is 12.1 Å². The molecule has 0 saturated carbocycles. The van der Waals surface area contributed by atoms with Gasteiger partial charge in [0.05, 0.1) is 17.7 Å². The largest absolute Gasteiger partial charge is 0.495 e. The van der Waals surface area contributed by atoms with Gasteiger partial charge in [-0.05, 0) is 61.9 Å². The molecule has 2 atom stereocenters. The predicted octanol–water partition coefficient (Wildman–Crippen LogP) is 4.63. The van der Waals surface area contributed by atoms with Gasteiger partial charge < -0.3 is 15.0 Å². The number of sulfonamides is 1. The molecule has 34 heavy (non-hydrogen) atoms. The molecule has 180 valence electrons. The lowest BCUT2D eigenvalue weighted by Crippen LogP contribution is -2.54. The highest BCUT2D eigenvalue weighted by atomic mass is 32.2. The second-order valence-corrected chi connectivity index (χ2v) is 10.2. The van der Waals surface area contributed by atoms with Crippen LogP contribution in [-0.4, -0.2) is 40.7 Å². The molecule has 2 N–H and O–H groups in total. The van der Waals surface area contributed by atoms with Crippen LogP contribution in [0.5, 0.6) is 5.75 Å². The van der Waals surface area contributed by atoms with Gasteiger partial charge in [0, 0.05) is 42.5 Å². The Kier molecular flexibility index (Phi) is 6.77. The lowest BCUT2D eigenvalue weighted by Gasteiger charge is -2.38. The van der Waals surface area contributed by atoms with E-state index in [1.807, 2.05) is 6.07 Å². The van der Waals surface area contributed by atoms with Crippen molar-refractivity contribution in [1.82, 2.24) is 5.32 Å². The van der Waals surface area contributed by atoms with Crippen molar-refractivity contribution in [1.29, 1.82) is 0 Å². The van der Waals surface area contributed by atoms with Crippen molar-refractivity contribution in [3.63, 3.8) is 0 Å². The first kappa shape index (κ1) is 24.0. The van der Waals surface area contributed by atoms with Crippen molar-refractivity contribution < 1.29 is 21.9 Å². The Balaban J connectivity index is 1.60. The molecule has 0 aromatic heterocycles. The summed E-state index contributed by atoms with van der Waals surface area (Å²) in [6.07, 6.45) is 0. The van der Waals surface area contributed by atoms with Gasteiger partial charge in [0.2, 0.25) is 0 Å². The number of hydrogen-bond donors (Lipinski definition) is 2. The van der Waals surface area contributed by atoms with Gasteiger partial charge in [0.15, 0.2) is 0 Å². The van der Waals surface area contributed by atoms with Crippen LogP contribution >= 0.6 is 0 Å². The average molecular weight is 488 g/mol. The summed E-state index contributed by atoms with van der Waals surface area (Å²) in [5, 5.41) is 3.48. The minimum absolute atomic E-state index is 0.00985. The number of piperazine rings is 1. The zero-order chi connectivity index (χ0) is 24.5. The van der Waals surface area contributed by atoms with E-state index in [1.165, 1.54) is 37.4 Å². The second kappa shape index (κ2) is 9.60. The van der Waals surface area contributed by atoms with E-state index in [0.717, 1.165) is 30.9 Å². The summed E-state index contributed by atoms with van der Waals surface area (Å²) in [7, 11) is -2.47. The summed E-state index contributed by atoms with van der Waals surface area (Å²) in [4.78, 5) is 2.21. The van der Waals surface area contributed by atoms with E-state index in [2.05, 4.69) is 28.8 Å². The number of nitrogens with one attached hydrogen (secondary N) is 2. The Morgan fingerprint density at radius 3 is 2.26 bits per heavy atom. The van der Waals surface area contributed by atoms with E-state index >= 15 is 0 Å². The van der Waals surface area contributed by atoms with Crippen molar-refractivity contribution in [3.05, 3.63) is 72.3 Å². The topological polar surface area (TPSA) is 70.7 Å². The standard InChI is InChI=1S/C25H27F2N3O3S/c1-16-14-30(15-17(2)28-16)20-7-11-25(33-3)24(13-20)29-34(31,32)21-8-4-18(5-9-21)22-10-6-19(26)12-23(22)27/h4-13,16-17,28-29H,14-15H2,1-3H3/t16-,17+. The Labute approximate surface area is 198 Å². The molecular formula is C25H27F2N3O3S. The summed E-state index contributed by atoms with van der Waals surface area (Å²) >= 11 is 0. The highest BCUT2D eigenvalue weighted by molar-refractivity contribution is 7.92. The van der Waals surface area contributed by atoms with Gasteiger partial charge in [0.25, 0.3) is 10.0 Å². The lowest BCUT2D eigenvalue weighted by molar-refractivity contribution is 0.406. The number of methoxy groups -OCH3 is 1. The van der Waals surface area contributed by atoms with Crippen LogP contribution in [0.15, 0.2) is 65.6 Å². The summed E-state index contributed by atoms with van der Waals surface area (Å²) in [6, 6.07) is 15.0. The van der Waals surface area contributed by atoms with Gasteiger partial charge in [-0.15, -0.1) is 0 Å². The summed E-state index contributed by atoms with van der Waals surface area (Å²) in [5.74, 6) is -0.994. The first-order chi connectivity index (χ1) is 16.2. The van der Waals surface area contributed by atoms with Crippen LogP contribution in [0.4, 0.5) is 20.2 Å². The molecule has 1 aliphatic rings. The number of ether oxygens (including phenoxy) is 1. The molecular weight excluding hydrogens is 460 g/mol. The Morgan fingerprint density at radius 2 is 1.65 bits per heavy atom. The summed E-state index contributed by atoms with van der Waals surface area (Å²) in [5.41, 5.74) is 1.85. The average Bonchev–Trinajstić information content (AvgIpc) is 2.78. The number of hydrogen-bond acceptors (Lipinski definition) is 5. The van der Waals surface area contributed by atoms with E-state index in [4.69, 9.17) is 4.74 Å². The van der Waals surface area contributed by atoms with E-state index in [1.54, 1.807) is 12.1 Å². The molecule has 1 fully saturated rings.